The number of methoxy groups -OCH3 is 1. The molecule has 0 heterocycles. The van der Waals surface area contributed by atoms with Gasteiger partial charge in [-0.15, -0.1) is 0 Å². The van der Waals surface area contributed by atoms with E-state index in [2.05, 4.69) is 46.3 Å². The molecule has 0 aliphatic rings. The van der Waals surface area contributed by atoms with Crippen molar-refractivity contribution in [2.45, 2.75) is 34.6 Å². The third-order valence-corrected chi connectivity index (χ3v) is 4.03. The zero-order valence-electron chi connectivity index (χ0n) is 18.8. The molecule has 0 saturated heterocycles. The molecule has 0 amide bonds. The first-order valence-corrected chi connectivity index (χ1v) is 9.67. The van der Waals surface area contributed by atoms with E-state index in [1.807, 2.05) is 58.1 Å². The Morgan fingerprint density at radius 3 is 2.45 bits per heavy atom. The van der Waals surface area contributed by atoms with E-state index < -0.39 is 0 Å². The largest absolute Gasteiger partial charge is 0.495 e. The molecule has 0 fully saturated rings. The van der Waals surface area contributed by atoms with Crippen molar-refractivity contribution in [1.29, 1.82) is 0 Å². The van der Waals surface area contributed by atoms with Crippen LogP contribution in [0.15, 0.2) is 81.8 Å². The van der Waals surface area contributed by atoms with Crippen LogP contribution in [-0.4, -0.2) is 32.4 Å². The SMILES string of the molecule is C=C(C)/C=C(/CNC(=C/C)/C(=C\C)OC)NC(C)=NC(=NC)c1cccc(C)c1. The monoisotopic (exact) mass is 394 g/mol. The van der Waals surface area contributed by atoms with Crippen molar-refractivity contribution < 1.29 is 4.74 Å². The predicted octanol–water partition coefficient (Wildman–Crippen LogP) is 4.88. The molecule has 0 aromatic heterocycles. The van der Waals surface area contributed by atoms with E-state index in [9.17, 15) is 0 Å². The summed E-state index contributed by atoms with van der Waals surface area (Å²) in [5.41, 5.74) is 4.99. The van der Waals surface area contributed by atoms with Gasteiger partial charge >= 0.3 is 0 Å². The van der Waals surface area contributed by atoms with E-state index in [1.165, 1.54) is 5.56 Å². The predicted molar refractivity (Wildman–Crippen MR) is 125 cm³/mol. The second kappa shape index (κ2) is 12.4. The number of nitrogens with zero attached hydrogens (tertiary/aromatic N) is 2. The molecule has 0 aliphatic carbocycles. The Morgan fingerprint density at radius 1 is 1.21 bits per heavy atom. The van der Waals surface area contributed by atoms with Crippen LogP contribution < -0.4 is 10.6 Å². The summed E-state index contributed by atoms with van der Waals surface area (Å²) in [5, 5.41) is 6.77. The summed E-state index contributed by atoms with van der Waals surface area (Å²) in [5.74, 6) is 2.24. The number of benzene rings is 1. The Labute approximate surface area is 175 Å². The Bertz CT molecular complexity index is 857. The van der Waals surface area contributed by atoms with E-state index in [-0.39, 0.29) is 0 Å². The maximum absolute atomic E-state index is 5.41. The lowest BCUT2D eigenvalue weighted by Crippen LogP contribution is -2.29. The summed E-state index contributed by atoms with van der Waals surface area (Å²) in [6.07, 6.45) is 5.91. The highest BCUT2D eigenvalue weighted by Crippen LogP contribution is 2.09. The van der Waals surface area contributed by atoms with Crippen molar-refractivity contribution in [2.24, 2.45) is 9.98 Å². The van der Waals surface area contributed by atoms with Crippen LogP contribution in [0.4, 0.5) is 0 Å². The summed E-state index contributed by atoms with van der Waals surface area (Å²) in [4.78, 5) is 9.02. The average molecular weight is 395 g/mol. The third kappa shape index (κ3) is 8.21. The lowest BCUT2D eigenvalue weighted by atomic mass is 10.1. The number of allylic oxidation sites excluding steroid dienone is 4. The van der Waals surface area contributed by atoms with E-state index in [1.54, 1.807) is 14.2 Å². The van der Waals surface area contributed by atoms with Gasteiger partial charge in [0.1, 0.15) is 11.6 Å². The zero-order valence-corrected chi connectivity index (χ0v) is 18.8. The Kier molecular flexibility index (Phi) is 10.2. The van der Waals surface area contributed by atoms with Gasteiger partial charge in [0.2, 0.25) is 0 Å². The van der Waals surface area contributed by atoms with Crippen molar-refractivity contribution in [1.82, 2.24) is 10.6 Å². The molecule has 0 bridgehead atoms. The van der Waals surface area contributed by atoms with Crippen LogP contribution in [0.1, 0.15) is 38.8 Å². The third-order valence-electron chi connectivity index (χ3n) is 4.03. The van der Waals surface area contributed by atoms with Crippen LogP contribution in [0.2, 0.25) is 0 Å². The lowest BCUT2D eigenvalue weighted by molar-refractivity contribution is 0.295. The quantitative estimate of drug-likeness (QED) is 0.286. The standard InChI is InChI=1S/C24H34N4O/c1-9-22(23(10-2)29-8)26-16-21(14-17(3)4)27-19(6)28-24(25-7)20-13-11-12-18(5)15-20/h9-15,26H,3,16H2,1-2,4-8H3,(H,25,27,28)/b21-14-,22-9+,23-10+. The minimum absolute atomic E-state index is 0.573. The molecular formula is C24H34N4O. The van der Waals surface area contributed by atoms with Crippen LogP contribution in [0.3, 0.4) is 0 Å². The number of aliphatic imine (C=N–C) groups is 2. The number of aryl methyl sites for hydroxylation is 1. The first-order chi connectivity index (χ1) is 13.8. The molecule has 1 rings (SSSR count). The van der Waals surface area contributed by atoms with E-state index in [0.29, 0.717) is 12.4 Å². The van der Waals surface area contributed by atoms with E-state index in [4.69, 9.17) is 4.74 Å². The normalized spacial score (nSPS) is 14.0. The summed E-state index contributed by atoms with van der Waals surface area (Å²) in [6.45, 7) is 14.4. The molecule has 0 spiro atoms. The number of nitrogens with one attached hydrogen (secondary N) is 2. The van der Waals surface area contributed by atoms with Gasteiger partial charge in [0, 0.05) is 18.3 Å². The van der Waals surface area contributed by atoms with Crippen LogP contribution in [0.5, 0.6) is 0 Å². The Hall–Kier alpha value is -3.08. The molecule has 2 N–H and O–H groups in total. The summed E-state index contributed by atoms with van der Waals surface area (Å²) in [7, 11) is 3.42. The maximum atomic E-state index is 5.41. The van der Waals surface area contributed by atoms with Gasteiger partial charge in [-0.05, 0) is 52.8 Å². The van der Waals surface area contributed by atoms with Crippen molar-refractivity contribution in [2.75, 3.05) is 20.7 Å². The van der Waals surface area contributed by atoms with E-state index >= 15 is 0 Å². The van der Waals surface area contributed by atoms with Crippen molar-refractivity contribution >= 4 is 11.7 Å². The Balaban J connectivity index is 3.00. The molecule has 0 unspecified atom stereocenters. The number of hydrogen-bond acceptors (Lipinski definition) is 3. The molecule has 0 atom stereocenters. The van der Waals surface area contributed by atoms with Gasteiger partial charge in [0.25, 0.3) is 0 Å². The van der Waals surface area contributed by atoms with Gasteiger partial charge in [-0.1, -0.05) is 42.0 Å². The minimum Gasteiger partial charge on any atom is -0.495 e. The second-order valence-corrected chi connectivity index (χ2v) is 6.67. The Morgan fingerprint density at radius 2 is 1.93 bits per heavy atom. The number of rotatable bonds is 8. The van der Waals surface area contributed by atoms with Gasteiger partial charge in [0.05, 0.1) is 19.4 Å². The highest BCUT2D eigenvalue weighted by molar-refractivity contribution is 6.06. The molecule has 1 aromatic rings. The van der Waals surface area contributed by atoms with Gasteiger partial charge in [0.15, 0.2) is 5.84 Å². The smallest absolute Gasteiger partial charge is 0.156 e. The van der Waals surface area contributed by atoms with Gasteiger partial charge < -0.3 is 15.4 Å². The average Bonchev–Trinajstić information content (AvgIpc) is 2.68. The molecular weight excluding hydrogens is 360 g/mol. The first kappa shape index (κ1) is 24.0. The van der Waals surface area contributed by atoms with Crippen molar-refractivity contribution in [3.63, 3.8) is 0 Å². The topological polar surface area (TPSA) is 58.0 Å². The molecule has 156 valence electrons. The van der Waals surface area contributed by atoms with Gasteiger partial charge in [-0.25, -0.2) is 4.99 Å². The second-order valence-electron chi connectivity index (χ2n) is 6.67. The molecule has 1 aromatic carbocycles. The van der Waals surface area contributed by atoms with E-state index in [0.717, 1.165) is 34.1 Å². The summed E-state index contributed by atoms with van der Waals surface area (Å²) >= 11 is 0. The van der Waals surface area contributed by atoms with Crippen molar-refractivity contribution in [3.05, 3.63) is 82.9 Å². The van der Waals surface area contributed by atoms with Crippen LogP contribution in [0, 0.1) is 6.92 Å². The van der Waals surface area contributed by atoms with Crippen LogP contribution in [0.25, 0.3) is 0 Å². The van der Waals surface area contributed by atoms with Gasteiger partial charge in [-0.3, -0.25) is 4.99 Å². The molecule has 0 aliphatic heterocycles. The molecule has 0 radical (unpaired) electrons. The minimum atomic E-state index is 0.573. The number of hydrogen-bond donors (Lipinski definition) is 2. The van der Waals surface area contributed by atoms with Crippen LogP contribution in [-0.2, 0) is 4.74 Å². The molecule has 5 heteroatoms. The number of ether oxygens (including phenoxy) is 1. The summed E-state index contributed by atoms with van der Waals surface area (Å²) < 4.78 is 5.41. The molecule has 0 saturated carbocycles. The van der Waals surface area contributed by atoms with Crippen LogP contribution >= 0.6 is 0 Å². The highest BCUT2D eigenvalue weighted by Gasteiger charge is 2.07. The zero-order chi connectivity index (χ0) is 21.8. The fourth-order valence-electron chi connectivity index (χ4n) is 2.78. The lowest BCUT2D eigenvalue weighted by Gasteiger charge is -2.17. The number of amidine groups is 2. The summed E-state index contributed by atoms with van der Waals surface area (Å²) in [6, 6.07) is 8.16. The fourth-order valence-corrected chi connectivity index (χ4v) is 2.78. The highest BCUT2D eigenvalue weighted by atomic mass is 16.5. The van der Waals surface area contributed by atoms with Crippen molar-refractivity contribution in [3.8, 4) is 0 Å². The first-order valence-electron chi connectivity index (χ1n) is 9.67. The molecule has 5 nitrogen and oxygen atoms in total. The van der Waals surface area contributed by atoms with Gasteiger partial charge in [-0.2, -0.15) is 0 Å². The maximum Gasteiger partial charge on any atom is 0.156 e. The fraction of sp³-hybridized carbons (Fsp3) is 0.333. The molecule has 29 heavy (non-hydrogen) atoms.